The number of hydrogen-bond donors (Lipinski definition) is 0. The maximum Gasteiger partial charge on any atom is 0.263 e. The molecule has 2 amide bonds. The molecule has 8 nitrogen and oxygen atoms in total. The van der Waals surface area contributed by atoms with Crippen LogP contribution in [0.1, 0.15) is 73.5 Å². The average molecular weight is 425 g/mol. The van der Waals surface area contributed by atoms with Crippen LogP contribution >= 0.6 is 0 Å². The summed E-state index contributed by atoms with van der Waals surface area (Å²) in [6.45, 7) is 4.70. The number of carbonyl (C=O) groups excluding carboxylic acids is 3. The molecule has 0 spiro atoms. The minimum atomic E-state index is -0.325. The van der Waals surface area contributed by atoms with E-state index in [1.165, 1.54) is 9.47 Å². The number of hydrogen-bond acceptors (Lipinski definition) is 5. The van der Waals surface area contributed by atoms with Crippen molar-refractivity contribution in [2.75, 3.05) is 20.1 Å². The molecule has 2 aliphatic rings. The van der Waals surface area contributed by atoms with Crippen LogP contribution in [0.15, 0.2) is 15.4 Å². The molecule has 1 aliphatic carbocycles. The molecule has 164 valence electrons. The van der Waals surface area contributed by atoms with Gasteiger partial charge in [-0.3, -0.25) is 19.2 Å². The van der Waals surface area contributed by atoms with Crippen molar-refractivity contribution in [3.8, 4) is 0 Å². The van der Waals surface area contributed by atoms with Crippen molar-refractivity contribution in [3.63, 3.8) is 0 Å². The highest BCUT2D eigenvalue weighted by atomic mass is 16.3. The first-order valence-corrected chi connectivity index (χ1v) is 10.7. The number of nitrogens with zero attached hydrogens (tertiary/aromatic N) is 3. The van der Waals surface area contributed by atoms with E-state index >= 15 is 0 Å². The number of furan rings is 1. The quantitative estimate of drug-likeness (QED) is 0.751. The van der Waals surface area contributed by atoms with E-state index in [0.29, 0.717) is 60.6 Å². The summed E-state index contributed by atoms with van der Waals surface area (Å²) in [6, 6.07) is 0. The highest BCUT2D eigenvalue weighted by Gasteiger charge is 2.35. The van der Waals surface area contributed by atoms with E-state index in [-0.39, 0.29) is 35.3 Å². The van der Waals surface area contributed by atoms with Crippen LogP contribution in [0, 0.1) is 6.92 Å². The lowest BCUT2D eigenvalue weighted by Crippen LogP contribution is -2.41. The Morgan fingerprint density at radius 1 is 1.16 bits per heavy atom. The molecule has 4 rings (SSSR count). The first-order valence-electron chi connectivity index (χ1n) is 10.7. The second-order valence-electron chi connectivity index (χ2n) is 8.33. The summed E-state index contributed by atoms with van der Waals surface area (Å²) >= 11 is 0. The van der Waals surface area contributed by atoms with Gasteiger partial charge in [0, 0.05) is 52.8 Å². The zero-order chi connectivity index (χ0) is 22.4. The third kappa shape index (κ3) is 3.40. The van der Waals surface area contributed by atoms with Gasteiger partial charge in [-0.15, -0.1) is 0 Å². The van der Waals surface area contributed by atoms with Crippen LogP contribution < -0.4 is 5.56 Å². The molecule has 0 fully saturated rings. The van der Waals surface area contributed by atoms with Crippen molar-refractivity contribution >= 4 is 17.6 Å². The van der Waals surface area contributed by atoms with Crippen LogP contribution in [-0.2, 0) is 26.4 Å². The zero-order valence-electron chi connectivity index (χ0n) is 18.4. The lowest BCUT2D eigenvalue weighted by atomic mass is 9.91. The van der Waals surface area contributed by atoms with E-state index in [1.807, 2.05) is 6.92 Å². The lowest BCUT2D eigenvalue weighted by Gasteiger charge is -2.31. The minimum Gasteiger partial charge on any atom is -0.465 e. The molecule has 0 saturated heterocycles. The summed E-state index contributed by atoms with van der Waals surface area (Å²) in [5.74, 6) is 0.488. The number of amides is 2. The van der Waals surface area contributed by atoms with Crippen LogP contribution in [-0.4, -0.2) is 52.1 Å². The summed E-state index contributed by atoms with van der Waals surface area (Å²) in [5.41, 5.74) is 2.13. The SMILES string of the molecule is CCN(C)C(=O)c1c2c(cn(C)c1=O)CN(C(=O)c1c(C)oc3c1C(=O)CCC3)CC2. The predicted octanol–water partition coefficient (Wildman–Crippen LogP) is 2.10. The van der Waals surface area contributed by atoms with Crippen molar-refractivity contribution in [2.24, 2.45) is 7.05 Å². The van der Waals surface area contributed by atoms with Gasteiger partial charge in [-0.05, 0) is 37.8 Å². The molecule has 1 aliphatic heterocycles. The number of Topliss-reactive ketones (excluding diaryl/α,β-unsaturated/α-hetero) is 1. The van der Waals surface area contributed by atoms with Crippen LogP contribution in [0.4, 0.5) is 0 Å². The Balaban J connectivity index is 1.71. The van der Waals surface area contributed by atoms with Gasteiger partial charge in [0.05, 0.1) is 11.1 Å². The fourth-order valence-electron chi connectivity index (χ4n) is 4.54. The summed E-state index contributed by atoms with van der Waals surface area (Å²) in [4.78, 5) is 54.7. The summed E-state index contributed by atoms with van der Waals surface area (Å²) in [5, 5.41) is 0. The van der Waals surface area contributed by atoms with E-state index in [1.54, 1.807) is 32.1 Å². The fourth-order valence-corrected chi connectivity index (χ4v) is 4.54. The Hall–Kier alpha value is -3.16. The van der Waals surface area contributed by atoms with Crippen molar-refractivity contribution in [3.05, 3.63) is 55.9 Å². The van der Waals surface area contributed by atoms with Gasteiger partial charge in [0.15, 0.2) is 5.78 Å². The molecular weight excluding hydrogens is 398 g/mol. The number of carbonyl (C=O) groups is 3. The summed E-state index contributed by atoms with van der Waals surface area (Å²) in [7, 11) is 3.28. The molecule has 3 heterocycles. The highest BCUT2D eigenvalue weighted by molar-refractivity contribution is 6.10. The van der Waals surface area contributed by atoms with Crippen molar-refractivity contribution in [2.45, 2.75) is 46.1 Å². The van der Waals surface area contributed by atoms with Gasteiger partial charge < -0.3 is 18.8 Å². The van der Waals surface area contributed by atoms with E-state index in [4.69, 9.17) is 4.42 Å². The first kappa shape index (κ1) is 21.1. The van der Waals surface area contributed by atoms with Gasteiger partial charge in [0.1, 0.15) is 17.1 Å². The third-order valence-electron chi connectivity index (χ3n) is 6.35. The monoisotopic (exact) mass is 425 g/mol. The Bertz CT molecular complexity index is 1160. The average Bonchev–Trinajstić information content (AvgIpc) is 3.09. The number of fused-ring (bicyclic) bond motifs is 2. The van der Waals surface area contributed by atoms with E-state index in [2.05, 4.69) is 0 Å². The molecule has 0 unspecified atom stereocenters. The first-order chi connectivity index (χ1) is 14.7. The topological polar surface area (TPSA) is 92.8 Å². The van der Waals surface area contributed by atoms with E-state index in [9.17, 15) is 19.2 Å². The largest absolute Gasteiger partial charge is 0.465 e. The fraction of sp³-hybridized carbons (Fsp3) is 0.478. The number of pyridine rings is 1. The van der Waals surface area contributed by atoms with Crippen LogP contribution in [0.5, 0.6) is 0 Å². The second-order valence-corrected chi connectivity index (χ2v) is 8.33. The smallest absolute Gasteiger partial charge is 0.263 e. The Morgan fingerprint density at radius 2 is 1.90 bits per heavy atom. The van der Waals surface area contributed by atoms with Crippen molar-refractivity contribution in [1.29, 1.82) is 0 Å². The number of ketones is 1. The molecule has 0 atom stereocenters. The van der Waals surface area contributed by atoms with E-state index in [0.717, 1.165) is 12.0 Å². The van der Waals surface area contributed by atoms with Gasteiger partial charge in [-0.25, -0.2) is 0 Å². The number of rotatable bonds is 3. The van der Waals surface area contributed by atoms with Crippen LogP contribution in [0.25, 0.3) is 0 Å². The Labute approximate surface area is 180 Å². The van der Waals surface area contributed by atoms with Gasteiger partial charge >= 0.3 is 0 Å². The lowest BCUT2D eigenvalue weighted by molar-refractivity contribution is 0.0726. The number of aryl methyl sites for hydroxylation is 3. The second kappa shape index (κ2) is 7.83. The third-order valence-corrected chi connectivity index (χ3v) is 6.35. The Morgan fingerprint density at radius 3 is 2.61 bits per heavy atom. The maximum absolute atomic E-state index is 13.4. The van der Waals surface area contributed by atoms with Crippen molar-refractivity contribution in [1.82, 2.24) is 14.4 Å². The van der Waals surface area contributed by atoms with E-state index < -0.39 is 0 Å². The van der Waals surface area contributed by atoms with Gasteiger partial charge in [-0.2, -0.15) is 0 Å². The molecule has 0 aromatic carbocycles. The molecule has 8 heteroatoms. The molecule has 2 aromatic rings. The van der Waals surface area contributed by atoms with Gasteiger partial charge in [-0.1, -0.05) is 0 Å². The summed E-state index contributed by atoms with van der Waals surface area (Å²) < 4.78 is 7.15. The molecule has 0 N–H and O–H groups in total. The number of aromatic nitrogens is 1. The molecule has 0 bridgehead atoms. The predicted molar refractivity (Wildman–Crippen MR) is 113 cm³/mol. The van der Waals surface area contributed by atoms with Gasteiger partial charge in [0.2, 0.25) is 0 Å². The molecule has 2 aromatic heterocycles. The summed E-state index contributed by atoms with van der Waals surface area (Å²) in [6.07, 6.45) is 3.93. The standard InChI is InChI=1S/C23H27N3O5/c1-5-24(3)21(28)19-15-9-10-26(12-14(15)11-25(4)22(19)29)23(30)18-13(2)31-17-8-6-7-16(27)20(17)18/h11H,5-10,12H2,1-4H3. The molecule has 0 radical (unpaired) electrons. The zero-order valence-corrected chi connectivity index (χ0v) is 18.4. The molecule has 31 heavy (non-hydrogen) atoms. The van der Waals surface area contributed by atoms with Crippen LogP contribution in [0.3, 0.4) is 0 Å². The molecule has 0 saturated carbocycles. The normalized spacial score (nSPS) is 15.5. The van der Waals surface area contributed by atoms with Crippen LogP contribution in [0.2, 0.25) is 0 Å². The molecular formula is C23H27N3O5. The highest BCUT2D eigenvalue weighted by Crippen LogP contribution is 2.32. The minimum absolute atomic E-state index is 0.0447. The maximum atomic E-state index is 13.4. The van der Waals surface area contributed by atoms with Gasteiger partial charge in [0.25, 0.3) is 17.4 Å². The van der Waals surface area contributed by atoms with Crippen molar-refractivity contribution < 1.29 is 18.8 Å². The Kier molecular flexibility index (Phi) is 5.33.